The first kappa shape index (κ1) is 19.8. The molecule has 156 valence electrons. The maximum Gasteiger partial charge on any atom is 0.280 e. The van der Waals surface area contributed by atoms with Crippen LogP contribution in [0.3, 0.4) is 0 Å². The number of nitrogens with one attached hydrogen (secondary N) is 2. The number of H-pyrrole nitrogens is 1. The molecule has 0 aliphatic carbocycles. The van der Waals surface area contributed by atoms with Crippen LogP contribution in [-0.4, -0.2) is 63.8 Å². The molecule has 3 aromatic rings. The lowest BCUT2D eigenvalue weighted by Gasteiger charge is -2.29. The molecule has 2 N–H and O–H groups in total. The molecule has 3 aromatic heterocycles. The van der Waals surface area contributed by atoms with Gasteiger partial charge in [0.1, 0.15) is 0 Å². The maximum absolute atomic E-state index is 12.8. The Morgan fingerprint density at radius 2 is 2.03 bits per heavy atom. The molecule has 1 saturated heterocycles. The van der Waals surface area contributed by atoms with Crippen molar-refractivity contribution in [3.63, 3.8) is 0 Å². The summed E-state index contributed by atoms with van der Waals surface area (Å²) in [5.41, 5.74) is 1.38. The largest absolute Gasteiger partial charge is 0.481 e. The zero-order chi connectivity index (χ0) is 21.1. The lowest BCUT2D eigenvalue weighted by atomic mass is 10.1. The summed E-state index contributed by atoms with van der Waals surface area (Å²) < 4.78 is 6.45. The van der Waals surface area contributed by atoms with Crippen molar-refractivity contribution in [3.05, 3.63) is 58.8 Å². The lowest BCUT2D eigenvalue weighted by Crippen LogP contribution is -2.43. The van der Waals surface area contributed by atoms with Gasteiger partial charge in [0.25, 0.3) is 11.5 Å². The first-order valence-corrected chi connectivity index (χ1v) is 9.82. The number of pyridine rings is 2. The van der Waals surface area contributed by atoms with E-state index < -0.39 is 0 Å². The summed E-state index contributed by atoms with van der Waals surface area (Å²) in [6.07, 6.45) is 6.56. The van der Waals surface area contributed by atoms with Gasteiger partial charge in [0, 0.05) is 30.7 Å². The third-order valence-electron chi connectivity index (χ3n) is 5.32. The number of likely N-dealkylation sites (tertiary alicyclic amines) is 1. The lowest BCUT2D eigenvalue weighted by molar-refractivity contribution is 0.0916. The molecule has 1 aliphatic heterocycles. The van der Waals surface area contributed by atoms with Crippen LogP contribution in [0.15, 0.2) is 47.7 Å². The second-order valence-electron chi connectivity index (χ2n) is 7.37. The highest BCUT2D eigenvalue weighted by Crippen LogP contribution is 2.19. The molecule has 0 radical (unpaired) electrons. The predicted octanol–water partition coefficient (Wildman–Crippen LogP) is 1.46. The Hall–Kier alpha value is -3.46. The van der Waals surface area contributed by atoms with Gasteiger partial charge in [0.05, 0.1) is 18.2 Å². The van der Waals surface area contributed by atoms with E-state index in [-0.39, 0.29) is 17.5 Å². The minimum absolute atomic E-state index is 0.146. The molecule has 0 aromatic carbocycles. The van der Waals surface area contributed by atoms with E-state index in [1.165, 1.54) is 18.0 Å². The van der Waals surface area contributed by atoms with Gasteiger partial charge in [-0.05, 0) is 56.7 Å². The average Bonchev–Trinajstić information content (AvgIpc) is 3.16. The molecule has 4 rings (SSSR count). The molecule has 0 unspecified atom stereocenters. The zero-order valence-corrected chi connectivity index (χ0v) is 17.0. The van der Waals surface area contributed by atoms with Crippen LogP contribution in [0.4, 0.5) is 0 Å². The van der Waals surface area contributed by atoms with Crippen molar-refractivity contribution in [1.82, 2.24) is 30.0 Å². The molecule has 0 spiro atoms. The smallest absolute Gasteiger partial charge is 0.280 e. The quantitative estimate of drug-likeness (QED) is 0.662. The van der Waals surface area contributed by atoms with Crippen molar-refractivity contribution in [2.24, 2.45) is 0 Å². The zero-order valence-electron chi connectivity index (χ0n) is 17.0. The van der Waals surface area contributed by atoms with Crippen LogP contribution in [0, 0.1) is 0 Å². The minimum atomic E-state index is -0.251. The second kappa shape index (κ2) is 8.50. The summed E-state index contributed by atoms with van der Waals surface area (Å²) in [5.74, 6) is 0.688. The van der Waals surface area contributed by atoms with E-state index in [0.29, 0.717) is 28.4 Å². The maximum atomic E-state index is 12.8. The molecule has 30 heavy (non-hydrogen) atoms. The van der Waals surface area contributed by atoms with Crippen LogP contribution in [0.5, 0.6) is 5.88 Å². The number of carbonyl (C=O) groups excluding carboxylic acids is 1. The van der Waals surface area contributed by atoms with Gasteiger partial charge in [-0.1, -0.05) is 0 Å². The highest BCUT2D eigenvalue weighted by molar-refractivity contribution is 5.94. The molecule has 1 fully saturated rings. The molecule has 0 bridgehead atoms. The standard InChI is InChI=1S/C21H24N6O3/c1-26-9-6-16(7-10-26)25-20(28)15-3-4-18(23-12-15)27-21(29)17(13-24-27)14-5-8-22-19(11-14)30-2/h3-5,8,11-13,16,24H,6-7,9-10H2,1-2H3,(H,25,28). The molecule has 0 saturated carbocycles. The Labute approximate surface area is 173 Å². The van der Waals surface area contributed by atoms with E-state index in [2.05, 4.69) is 32.3 Å². The van der Waals surface area contributed by atoms with Gasteiger partial charge in [-0.3, -0.25) is 14.7 Å². The van der Waals surface area contributed by atoms with Gasteiger partial charge >= 0.3 is 0 Å². The highest BCUT2D eigenvalue weighted by atomic mass is 16.5. The summed E-state index contributed by atoms with van der Waals surface area (Å²) in [6.45, 7) is 1.95. The summed E-state index contributed by atoms with van der Waals surface area (Å²) in [5, 5.41) is 5.98. The molecule has 4 heterocycles. The van der Waals surface area contributed by atoms with E-state index in [1.807, 2.05) is 0 Å². The summed E-state index contributed by atoms with van der Waals surface area (Å²) in [6, 6.07) is 6.94. The SMILES string of the molecule is COc1cc(-c2c[nH]n(-c3ccc(C(=O)NC4CCN(C)CC4)cn3)c2=O)ccn1. The van der Waals surface area contributed by atoms with Gasteiger partial charge in [-0.25, -0.2) is 14.6 Å². The Morgan fingerprint density at radius 1 is 1.23 bits per heavy atom. The van der Waals surface area contributed by atoms with E-state index in [9.17, 15) is 9.59 Å². The number of piperidine rings is 1. The number of aromatic nitrogens is 4. The second-order valence-corrected chi connectivity index (χ2v) is 7.37. The van der Waals surface area contributed by atoms with E-state index >= 15 is 0 Å². The molecule has 1 aliphatic rings. The van der Waals surface area contributed by atoms with Gasteiger partial charge in [-0.2, -0.15) is 0 Å². The fraction of sp³-hybridized carbons (Fsp3) is 0.333. The minimum Gasteiger partial charge on any atom is -0.481 e. The Morgan fingerprint density at radius 3 is 2.73 bits per heavy atom. The molecule has 1 amide bonds. The van der Waals surface area contributed by atoms with Crippen molar-refractivity contribution in [3.8, 4) is 22.8 Å². The van der Waals surface area contributed by atoms with E-state index in [4.69, 9.17) is 4.74 Å². The number of hydrogen-bond acceptors (Lipinski definition) is 6. The van der Waals surface area contributed by atoms with Crippen LogP contribution in [0.2, 0.25) is 0 Å². The Balaban J connectivity index is 1.50. The number of ether oxygens (including phenoxy) is 1. The van der Waals surface area contributed by atoms with Gasteiger partial charge < -0.3 is 15.0 Å². The van der Waals surface area contributed by atoms with Crippen molar-refractivity contribution in [2.45, 2.75) is 18.9 Å². The third-order valence-corrected chi connectivity index (χ3v) is 5.32. The van der Waals surface area contributed by atoms with Gasteiger partial charge in [0.15, 0.2) is 5.82 Å². The molecular formula is C21H24N6O3. The Kier molecular flexibility index (Phi) is 5.62. The number of aromatic amines is 1. The van der Waals surface area contributed by atoms with Crippen LogP contribution in [0.25, 0.3) is 16.9 Å². The predicted molar refractivity (Wildman–Crippen MR) is 112 cm³/mol. The van der Waals surface area contributed by atoms with Crippen LogP contribution < -0.4 is 15.6 Å². The molecule has 9 heteroatoms. The molecule has 0 atom stereocenters. The van der Waals surface area contributed by atoms with Gasteiger partial charge in [-0.15, -0.1) is 0 Å². The number of methoxy groups -OCH3 is 1. The van der Waals surface area contributed by atoms with Crippen molar-refractivity contribution >= 4 is 5.91 Å². The van der Waals surface area contributed by atoms with E-state index in [1.54, 1.807) is 36.7 Å². The number of amides is 1. The van der Waals surface area contributed by atoms with Crippen LogP contribution in [-0.2, 0) is 0 Å². The fourth-order valence-electron chi connectivity index (χ4n) is 3.51. The molecule has 9 nitrogen and oxygen atoms in total. The van der Waals surface area contributed by atoms with E-state index in [0.717, 1.165) is 25.9 Å². The summed E-state index contributed by atoms with van der Waals surface area (Å²) >= 11 is 0. The molecular weight excluding hydrogens is 384 g/mol. The Bertz CT molecular complexity index is 1080. The number of hydrogen-bond donors (Lipinski definition) is 2. The first-order valence-electron chi connectivity index (χ1n) is 9.82. The highest BCUT2D eigenvalue weighted by Gasteiger charge is 2.19. The van der Waals surface area contributed by atoms with Crippen molar-refractivity contribution < 1.29 is 9.53 Å². The van der Waals surface area contributed by atoms with Gasteiger partial charge in [0.2, 0.25) is 5.88 Å². The van der Waals surface area contributed by atoms with Crippen LogP contribution >= 0.6 is 0 Å². The number of rotatable bonds is 5. The van der Waals surface area contributed by atoms with Crippen molar-refractivity contribution in [2.75, 3.05) is 27.2 Å². The third kappa shape index (κ3) is 4.11. The normalized spacial score (nSPS) is 15.1. The van der Waals surface area contributed by atoms with Crippen molar-refractivity contribution in [1.29, 1.82) is 0 Å². The van der Waals surface area contributed by atoms with Crippen LogP contribution in [0.1, 0.15) is 23.2 Å². The average molecular weight is 408 g/mol. The summed E-state index contributed by atoms with van der Waals surface area (Å²) in [4.78, 5) is 35.9. The monoisotopic (exact) mass is 408 g/mol. The summed E-state index contributed by atoms with van der Waals surface area (Å²) in [7, 11) is 3.61. The first-order chi connectivity index (χ1) is 14.5. The topological polar surface area (TPSA) is 105 Å². The fourth-order valence-corrected chi connectivity index (χ4v) is 3.51. The number of carbonyl (C=O) groups is 1. The number of nitrogens with zero attached hydrogens (tertiary/aromatic N) is 4.